The summed E-state index contributed by atoms with van der Waals surface area (Å²) in [5.41, 5.74) is 0.982. The molecule has 1 heterocycles. The molecule has 1 aliphatic carbocycles. The van der Waals surface area contributed by atoms with Crippen molar-refractivity contribution >= 4 is 31.9 Å². The number of halogens is 2. The quantitative estimate of drug-likeness (QED) is 0.588. The van der Waals surface area contributed by atoms with Crippen molar-refractivity contribution in [1.29, 1.82) is 0 Å². The van der Waals surface area contributed by atoms with Gasteiger partial charge in [0.25, 0.3) is 0 Å². The largest absolute Gasteiger partial charge is 0.335 e. The van der Waals surface area contributed by atoms with Crippen molar-refractivity contribution in [2.75, 3.05) is 6.54 Å². The van der Waals surface area contributed by atoms with Gasteiger partial charge in [-0.1, -0.05) is 28.1 Å². The van der Waals surface area contributed by atoms with Gasteiger partial charge in [-0.2, -0.15) is 0 Å². The molecule has 0 unspecified atom stereocenters. The number of nitrogens with one attached hydrogen (secondary N) is 1. The van der Waals surface area contributed by atoms with Gasteiger partial charge in [0, 0.05) is 23.0 Å². The lowest BCUT2D eigenvalue weighted by atomic mass is 9.84. The number of sulfonamides is 1. The number of carbonyl (C=O) groups is 1. The summed E-state index contributed by atoms with van der Waals surface area (Å²) >= 11 is 3.32. The maximum Gasteiger partial charge on any atom is 0.240 e. The van der Waals surface area contributed by atoms with Gasteiger partial charge < -0.3 is 4.90 Å². The average Bonchev–Trinajstić information content (AvgIpc) is 2.80. The van der Waals surface area contributed by atoms with Crippen LogP contribution in [-0.2, 0) is 14.8 Å². The summed E-state index contributed by atoms with van der Waals surface area (Å²) in [7, 11) is -3.58. The van der Waals surface area contributed by atoms with E-state index in [1.807, 2.05) is 4.90 Å². The molecule has 5 nitrogen and oxygen atoms in total. The Morgan fingerprint density at radius 2 is 1.59 bits per heavy atom. The minimum Gasteiger partial charge on any atom is -0.335 e. The van der Waals surface area contributed by atoms with Crippen LogP contribution in [0.5, 0.6) is 0 Å². The SMILES string of the molecule is O=C([C@H]1CC[C@H](NS(=O)(=O)c2ccc(Br)cc2)CC1)N1CCCC[C@@H]1c1ccc(F)cc1. The molecule has 1 saturated heterocycles. The van der Waals surface area contributed by atoms with Crippen LogP contribution < -0.4 is 4.72 Å². The Morgan fingerprint density at radius 1 is 0.938 bits per heavy atom. The number of rotatable bonds is 5. The number of hydrogen-bond donors (Lipinski definition) is 1. The lowest BCUT2D eigenvalue weighted by Gasteiger charge is -2.39. The van der Waals surface area contributed by atoms with E-state index in [-0.39, 0.29) is 34.6 Å². The Hall–Kier alpha value is -1.77. The zero-order chi connectivity index (χ0) is 22.7. The first-order chi connectivity index (χ1) is 15.3. The average molecular weight is 523 g/mol. The van der Waals surface area contributed by atoms with Gasteiger partial charge in [0.05, 0.1) is 10.9 Å². The molecule has 2 aliphatic rings. The van der Waals surface area contributed by atoms with E-state index in [2.05, 4.69) is 20.7 Å². The first-order valence-corrected chi connectivity index (χ1v) is 13.4. The second kappa shape index (κ2) is 10.0. The van der Waals surface area contributed by atoms with Crippen LogP contribution in [0.1, 0.15) is 56.6 Å². The van der Waals surface area contributed by atoms with Gasteiger partial charge in [0.15, 0.2) is 0 Å². The molecule has 32 heavy (non-hydrogen) atoms. The second-order valence-electron chi connectivity index (χ2n) is 8.72. The van der Waals surface area contributed by atoms with E-state index >= 15 is 0 Å². The highest BCUT2D eigenvalue weighted by Gasteiger charge is 2.35. The molecule has 1 N–H and O–H groups in total. The van der Waals surface area contributed by atoms with Crippen molar-refractivity contribution in [1.82, 2.24) is 9.62 Å². The number of nitrogens with zero attached hydrogens (tertiary/aromatic N) is 1. The standard InChI is InChI=1S/C24H28BrFN2O3S/c25-19-8-14-22(15-9-19)32(30,31)27-21-12-6-18(7-13-21)24(29)28-16-2-1-3-23(28)17-4-10-20(26)11-5-17/h4-5,8-11,14-15,18,21,23,27H,1-3,6-7,12-13,16H2/t18-,21-,23-/m1/s1. The number of amides is 1. The zero-order valence-electron chi connectivity index (χ0n) is 17.8. The molecule has 1 atom stereocenters. The van der Waals surface area contributed by atoms with Crippen molar-refractivity contribution in [3.05, 3.63) is 64.4 Å². The van der Waals surface area contributed by atoms with E-state index in [1.54, 1.807) is 36.4 Å². The molecule has 172 valence electrons. The van der Waals surface area contributed by atoms with Crippen LogP contribution in [0.3, 0.4) is 0 Å². The summed E-state index contributed by atoms with van der Waals surface area (Å²) in [6.45, 7) is 0.719. The van der Waals surface area contributed by atoms with Crippen LogP contribution in [0.2, 0.25) is 0 Å². The molecule has 1 amide bonds. The fourth-order valence-corrected chi connectivity index (χ4v) is 6.39. The fraction of sp³-hybridized carbons (Fsp3) is 0.458. The molecule has 0 radical (unpaired) electrons. The van der Waals surface area contributed by atoms with Crippen molar-refractivity contribution in [2.24, 2.45) is 5.92 Å². The monoisotopic (exact) mass is 522 g/mol. The van der Waals surface area contributed by atoms with E-state index < -0.39 is 10.0 Å². The Morgan fingerprint density at radius 3 is 2.25 bits per heavy atom. The molecular formula is C24H28BrFN2O3S. The normalized spacial score (nSPS) is 24.3. The lowest BCUT2D eigenvalue weighted by molar-refractivity contribution is -0.140. The van der Waals surface area contributed by atoms with Crippen molar-refractivity contribution in [3.8, 4) is 0 Å². The van der Waals surface area contributed by atoms with Crippen molar-refractivity contribution in [2.45, 2.75) is 61.9 Å². The lowest BCUT2D eigenvalue weighted by Crippen LogP contribution is -2.45. The number of piperidine rings is 1. The zero-order valence-corrected chi connectivity index (χ0v) is 20.2. The van der Waals surface area contributed by atoms with E-state index in [9.17, 15) is 17.6 Å². The van der Waals surface area contributed by atoms with Crippen LogP contribution in [0.4, 0.5) is 4.39 Å². The van der Waals surface area contributed by atoms with E-state index in [0.717, 1.165) is 35.8 Å². The maximum atomic E-state index is 13.4. The van der Waals surface area contributed by atoms with Crippen molar-refractivity contribution < 1.29 is 17.6 Å². The number of likely N-dealkylation sites (tertiary alicyclic amines) is 1. The Labute approximate surface area is 197 Å². The summed E-state index contributed by atoms with van der Waals surface area (Å²) in [5.74, 6) is -0.218. The van der Waals surface area contributed by atoms with Crippen LogP contribution in [0, 0.1) is 11.7 Å². The molecule has 0 spiro atoms. The molecule has 1 aliphatic heterocycles. The summed E-state index contributed by atoms with van der Waals surface area (Å²) < 4.78 is 42.3. The first kappa shape index (κ1) is 23.4. The third-order valence-electron chi connectivity index (χ3n) is 6.56. The van der Waals surface area contributed by atoms with E-state index in [1.165, 1.54) is 12.1 Å². The summed E-state index contributed by atoms with van der Waals surface area (Å²) in [6, 6.07) is 12.9. The molecule has 2 fully saturated rings. The molecule has 2 aromatic rings. The van der Waals surface area contributed by atoms with Gasteiger partial charge >= 0.3 is 0 Å². The summed E-state index contributed by atoms with van der Waals surface area (Å²) in [4.78, 5) is 15.6. The van der Waals surface area contributed by atoms with Gasteiger partial charge in [-0.25, -0.2) is 17.5 Å². The predicted octanol–water partition coefficient (Wildman–Crippen LogP) is 5.18. The Bertz CT molecular complexity index is 1040. The highest BCUT2D eigenvalue weighted by molar-refractivity contribution is 9.10. The third-order valence-corrected chi connectivity index (χ3v) is 8.63. The highest BCUT2D eigenvalue weighted by atomic mass is 79.9. The Kier molecular flexibility index (Phi) is 7.32. The van der Waals surface area contributed by atoms with Gasteiger partial charge in [-0.3, -0.25) is 4.79 Å². The molecule has 2 aromatic carbocycles. The highest BCUT2D eigenvalue weighted by Crippen LogP contribution is 2.35. The number of carbonyl (C=O) groups excluding carboxylic acids is 1. The number of benzene rings is 2. The fourth-order valence-electron chi connectivity index (χ4n) is 4.82. The van der Waals surface area contributed by atoms with Crippen LogP contribution in [0.15, 0.2) is 57.9 Å². The van der Waals surface area contributed by atoms with Crippen LogP contribution in [-0.4, -0.2) is 31.8 Å². The van der Waals surface area contributed by atoms with Gasteiger partial charge in [0.2, 0.25) is 15.9 Å². The van der Waals surface area contributed by atoms with Crippen molar-refractivity contribution in [3.63, 3.8) is 0 Å². The Balaban J connectivity index is 1.37. The molecule has 1 saturated carbocycles. The third kappa shape index (κ3) is 5.41. The maximum absolute atomic E-state index is 13.4. The first-order valence-electron chi connectivity index (χ1n) is 11.2. The smallest absolute Gasteiger partial charge is 0.240 e. The van der Waals surface area contributed by atoms with Gasteiger partial charge in [-0.15, -0.1) is 0 Å². The molecule has 0 aromatic heterocycles. The number of hydrogen-bond acceptors (Lipinski definition) is 3. The minimum atomic E-state index is -3.58. The summed E-state index contributed by atoms with van der Waals surface area (Å²) in [5, 5.41) is 0. The van der Waals surface area contributed by atoms with Gasteiger partial charge in [0.1, 0.15) is 5.82 Å². The van der Waals surface area contributed by atoms with Crippen LogP contribution >= 0.6 is 15.9 Å². The van der Waals surface area contributed by atoms with E-state index in [0.29, 0.717) is 25.7 Å². The topological polar surface area (TPSA) is 66.5 Å². The molecule has 0 bridgehead atoms. The van der Waals surface area contributed by atoms with E-state index in [4.69, 9.17) is 0 Å². The molecular weight excluding hydrogens is 495 g/mol. The predicted molar refractivity (Wildman–Crippen MR) is 125 cm³/mol. The molecule has 4 rings (SSSR count). The van der Waals surface area contributed by atoms with Gasteiger partial charge in [-0.05, 0) is 86.9 Å². The summed E-state index contributed by atoms with van der Waals surface area (Å²) in [6.07, 6.45) is 5.53. The molecule has 8 heteroatoms. The van der Waals surface area contributed by atoms with Crippen LogP contribution in [0.25, 0.3) is 0 Å². The minimum absolute atomic E-state index is 0.00881. The second-order valence-corrected chi connectivity index (χ2v) is 11.3.